The predicted molar refractivity (Wildman–Crippen MR) is 83.1 cm³/mol. The minimum atomic E-state index is -0.417. The second kappa shape index (κ2) is 6.43. The molecular formula is C16H16N4O3. The van der Waals surface area contributed by atoms with E-state index in [4.69, 9.17) is 0 Å². The zero-order valence-corrected chi connectivity index (χ0v) is 12.6. The Balaban J connectivity index is 1.55. The van der Waals surface area contributed by atoms with Crippen LogP contribution in [0.4, 0.5) is 5.95 Å². The third kappa shape index (κ3) is 3.28. The van der Waals surface area contributed by atoms with Gasteiger partial charge in [-0.2, -0.15) is 0 Å². The lowest BCUT2D eigenvalue weighted by molar-refractivity contribution is 0.0595. The summed E-state index contributed by atoms with van der Waals surface area (Å²) in [4.78, 5) is 33.6. The van der Waals surface area contributed by atoms with Crippen molar-refractivity contribution in [1.82, 2.24) is 14.9 Å². The normalized spacial score (nSPS) is 14.0. The molecule has 0 unspecified atom stereocenters. The van der Waals surface area contributed by atoms with E-state index in [1.165, 1.54) is 7.11 Å². The van der Waals surface area contributed by atoms with Crippen molar-refractivity contribution in [2.75, 3.05) is 25.5 Å². The number of hydrogen-bond acceptors (Lipinski definition) is 6. The molecule has 1 saturated heterocycles. The van der Waals surface area contributed by atoms with E-state index in [9.17, 15) is 9.59 Å². The number of amides is 1. The number of nitrogens with zero attached hydrogens (tertiary/aromatic N) is 3. The van der Waals surface area contributed by atoms with E-state index >= 15 is 0 Å². The van der Waals surface area contributed by atoms with Crippen LogP contribution >= 0.6 is 0 Å². The van der Waals surface area contributed by atoms with E-state index in [2.05, 4.69) is 20.0 Å². The fourth-order valence-corrected chi connectivity index (χ4v) is 2.34. The smallest absolute Gasteiger partial charge is 0.337 e. The van der Waals surface area contributed by atoms with Gasteiger partial charge in [0, 0.05) is 31.0 Å². The Bertz CT molecular complexity index is 697. The van der Waals surface area contributed by atoms with Crippen LogP contribution in [0.3, 0.4) is 0 Å². The number of methoxy groups -OCH3 is 1. The van der Waals surface area contributed by atoms with Crippen LogP contribution in [-0.2, 0) is 4.74 Å². The van der Waals surface area contributed by atoms with Crippen LogP contribution < -0.4 is 5.32 Å². The molecule has 0 saturated carbocycles. The number of nitrogens with one attached hydrogen (secondary N) is 1. The number of aromatic nitrogens is 2. The maximum Gasteiger partial charge on any atom is 0.337 e. The molecular weight excluding hydrogens is 296 g/mol. The molecule has 118 valence electrons. The van der Waals surface area contributed by atoms with Crippen molar-refractivity contribution < 1.29 is 14.3 Å². The van der Waals surface area contributed by atoms with Crippen molar-refractivity contribution in [1.29, 1.82) is 0 Å². The SMILES string of the molecule is COC(=O)c1ccc(C(=O)N2CC(Nc3ncccn3)C2)cc1. The van der Waals surface area contributed by atoms with E-state index in [1.54, 1.807) is 47.6 Å². The number of carbonyl (C=O) groups excluding carboxylic acids is 2. The van der Waals surface area contributed by atoms with Gasteiger partial charge in [-0.15, -0.1) is 0 Å². The Morgan fingerprint density at radius 2 is 1.74 bits per heavy atom. The van der Waals surface area contributed by atoms with E-state index in [0.717, 1.165) is 0 Å². The molecule has 2 aromatic rings. The topological polar surface area (TPSA) is 84.4 Å². The van der Waals surface area contributed by atoms with E-state index in [-0.39, 0.29) is 11.9 Å². The number of rotatable bonds is 4. The summed E-state index contributed by atoms with van der Waals surface area (Å²) in [6.45, 7) is 1.19. The van der Waals surface area contributed by atoms with Gasteiger partial charge in [0.15, 0.2) is 0 Å². The van der Waals surface area contributed by atoms with Crippen molar-refractivity contribution in [2.24, 2.45) is 0 Å². The second-order valence-corrected chi connectivity index (χ2v) is 5.19. The Labute approximate surface area is 133 Å². The van der Waals surface area contributed by atoms with Crippen LogP contribution in [0.25, 0.3) is 0 Å². The lowest BCUT2D eigenvalue weighted by atomic mass is 10.1. The van der Waals surface area contributed by atoms with E-state index in [1.807, 2.05) is 0 Å². The zero-order chi connectivity index (χ0) is 16.2. The molecule has 0 radical (unpaired) electrons. The van der Waals surface area contributed by atoms with Crippen LogP contribution in [0, 0.1) is 0 Å². The summed E-state index contributed by atoms with van der Waals surface area (Å²) in [5.41, 5.74) is 0.973. The number of hydrogen-bond donors (Lipinski definition) is 1. The standard InChI is InChI=1S/C16H16N4O3/c1-23-15(22)12-5-3-11(4-6-12)14(21)20-9-13(10-20)19-16-17-7-2-8-18-16/h2-8,13H,9-10H2,1H3,(H,17,18,19). The predicted octanol–water partition coefficient (Wildman–Crippen LogP) is 1.20. The molecule has 1 N–H and O–H groups in total. The van der Waals surface area contributed by atoms with Crippen molar-refractivity contribution in [3.63, 3.8) is 0 Å². The summed E-state index contributed by atoms with van der Waals surface area (Å²) in [6.07, 6.45) is 3.33. The highest BCUT2D eigenvalue weighted by Gasteiger charge is 2.31. The third-order valence-corrected chi connectivity index (χ3v) is 3.62. The molecule has 3 rings (SSSR count). The van der Waals surface area contributed by atoms with E-state index in [0.29, 0.717) is 30.2 Å². The van der Waals surface area contributed by atoms with Crippen molar-refractivity contribution in [3.05, 3.63) is 53.9 Å². The van der Waals surface area contributed by atoms with Gasteiger partial charge in [-0.05, 0) is 30.3 Å². The van der Waals surface area contributed by atoms with Crippen LogP contribution in [0.1, 0.15) is 20.7 Å². The summed E-state index contributed by atoms with van der Waals surface area (Å²) in [5, 5.41) is 3.17. The van der Waals surface area contributed by atoms with Crippen molar-refractivity contribution >= 4 is 17.8 Å². The summed E-state index contributed by atoms with van der Waals surface area (Å²) in [7, 11) is 1.32. The molecule has 0 bridgehead atoms. The van der Waals surface area contributed by atoms with Crippen LogP contribution in [0.2, 0.25) is 0 Å². The van der Waals surface area contributed by atoms with Gasteiger partial charge in [-0.3, -0.25) is 4.79 Å². The fraction of sp³-hybridized carbons (Fsp3) is 0.250. The van der Waals surface area contributed by atoms with Gasteiger partial charge in [0.1, 0.15) is 0 Å². The first-order chi connectivity index (χ1) is 11.2. The van der Waals surface area contributed by atoms with Gasteiger partial charge in [0.25, 0.3) is 5.91 Å². The summed E-state index contributed by atoms with van der Waals surface area (Å²) < 4.78 is 4.63. The van der Waals surface area contributed by atoms with Crippen LogP contribution in [-0.4, -0.2) is 53.0 Å². The molecule has 1 aromatic carbocycles. The number of esters is 1. The van der Waals surface area contributed by atoms with Crippen molar-refractivity contribution in [2.45, 2.75) is 6.04 Å². The van der Waals surface area contributed by atoms with Gasteiger partial charge in [0.2, 0.25) is 5.95 Å². The summed E-state index contributed by atoms with van der Waals surface area (Å²) in [5.74, 6) is 0.0838. The number of carbonyl (C=O) groups is 2. The highest BCUT2D eigenvalue weighted by Crippen LogP contribution is 2.16. The molecule has 1 fully saturated rings. The summed E-state index contributed by atoms with van der Waals surface area (Å²) >= 11 is 0. The molecule has 0 spiro atoms. The highest BCUT2D eigenvalue weighted by molar-refractivity contribution is 5.96. The average molecular weight is 312 g/mol. The monoisotopic (exact) mass is 312 g/mol. The minimum Gasteiger partial charge on any atom is -0.465 e. The van der Waals surface area contributed by atoms with Gasteiger partial charge in [-0.25, -0.2) is 14.8 Å². The van der Waals surface area contributed by atoms with Gasteiger partial charge < -0.3 is 15.0 Å². The highest BCUT2D eigenvalue weighted by atomic mass is 16.5. The minimum absolute atomic E-state index is 0.0616. The second-order valence-electron chi connectivity index (χ2n) is 5.19. The molecule has 7 heteroatoms. The maximum atomic E-state index is 12.3. The molecule has 0 aliphatic carbocycles. The lowest BCUT2D eigenvalue weighted by Crippen LogP contribution is -2.57. The molecule has 2 heterocycles. The number of benzene rings is 1. The molecule has 23 heavy (non-hydrogen) atoms. The van der Waals surface area contributed by atoms with Crippen LogP contribution in [0.5, 0.6) is 0 Å². The lowest BCUT2D eigenvalue weighted by Gasteiger charge is -2.39. The fourth-order valence-electron chi connectivity index (χ4n) is 2.34. The molecule has 1 aliphatic heterocycles. The average Bonchev–Trinajstić information content (AvgIpc) is 2.57. The first kappa shape index (κ1) is 15.0. The Morgan fingerprint density at radius 3 is 2.35 bits per heavy atom. The van der Waals surface area contributed by atoms with Crippen LogP contribution in [0.15, 0.2) is 42.7 Å². The zero-order valence-electron chi connectivity index (χ0n) is 12.6. The molecule has 1 aliphatic rings. The summed E-state index contributed by atoms with van der Waals surface area (Å²) in [6, 6.07) is 8.35. The molecule has 1 aromatic heterocycles. The Morgan fingerprint density at radius 1 is 1.13 bits per heavy atom. The van der Waals surface area contributed by atoms with E-state index < -0.39 is 5.97 Å². The number of anilines is 1. The molecule has 1 amide bonds. The molecule has 7 nitrogen and oxygen atoms in total. The quantitative estimate of drug-likeness (QED) is 0.854. The Kier molecular flexibility index (Phi) is 4.18. The Hall–Kier alpha value is -2.96. The van der Waals surface area contributed by atoms with Gasteiger partial charge >= 0.3 is 5.97 Å². The van der Waals surface area contributed by atoms with Crippen molar-refractivity contribution in [3.8, 4) is 0 Å². The van der Waals surface area contributed by atoms with Gasteiger partial charge in [-0.1, -0.05) is 0 Å². The van der Waals surface area contributed by atoms with Gasteiger partial charge in [0.05, 0.1) is 18.7 Å². The first-order valence-electron chi connectivity index (χ1n) is 7.18. The third-order valence-electron chi connectivity index (χ3n) is 3.62. The largest absolute Gasteiger partial charge is 0.465 e. The molecule has 0 atom stereocenters. The number of likely N-dealkylation sites (tertiary alicyclic amines) is 1. The number of ether oxygens (including phenoxy) is 1. The first-order valence-corrected chi connectivity index (χ1v) is 7.18. The maximum absolute atomic E-state index is 12.3.